The quantitative estimate of drug-likeness (QED) is 0.499. The first-order chi connectivity index (χ1) is 8.74. The summed E-state index contributed by atoms with van der Waals surface area (Å²) in [7, 11) is 0. The van der Waals surface area contributed by atoms with Crippen molar-refractivity contribution in [1.82, 2.24) is 5.32 Å². The molecular weight excluding hydrogens is 226 g/mol. The number of aliphatic hydroxyl groups is 1. The lowest BCUT2D eigenvalue weighted by Gasteiger charge is -2.18. The van der Waals surface area contributed by atoms with Crippen LogP contribution in [0.15, 0.2) is 0 Å². The minimum atomic E-state index is 0.192. The van der Waals surface area contributed by atoms with Gasteiger partial charge >= 0.3 is 0 Å². The van der Waals surface area contributed by atoms with Gasteiger partial charge < -0.3 is 15.2 Å². The summed E-state index contributed by atoms with van der Waals surface area (Å²) in [5, 5.41) is 12.5. The van der Waals surface area contributed by atoms with E-state index in [-0.39, 0.29) is 12.6 Å². The van der Waals surface area contributed by atoms with E-state index in [4.69, 9.17) is 4.74 Å². The minimum absolute atomic E-state index is 0.192. The van der Waals surface area contributed by atoms with E-state index in [1.165, 1.54) is 25.7 Å². The lowest BCUT2D eigenvalue weighted by Crippen LogP contribution is -2.34. The molecule has 0 bridgehead atoms. The van der Waals surface area contributed by atoms with Gasteiger partial charge in [0.1, 0.15) is 0 Å². The van der Waals surface area contributed by atoms with Crippen molar-refractivity contribution in [2.75, 3.05) is 19.8 Å². The van der Waals surface area contributed by atoms with Crippen LogP contribution in [0.1, 0.15) is 65.7 Å². The molecule has 3 heteroatoms. The maximum Gasteiger partial charge on any atom is 0.0585 e. The van der Waals surface area contributed by atoms with E-state index in [1.807, 2.05) is 0 Å². The molecule has 0 heterocycles. The predicted octanol–water partition coefficient (Wildman–Crippen LogP) is 3.11. The molecule has 0 radical (unpaired) electrons. The maximum atomic E-state index is 9.20. The molecule has 0 aliphatic rings. The third-order valence-corrected chi connectivity index (χ3v) is 3.24. The van der Waals surface area contributed by atoms with E-state index in [0.717, 1.165) is 32.4 Å². The molecule has 0 fully saturated rings. The second kappa shape index (κ2) is 13.3. The molecule has 0 saturated heterocycles. The molecule has 0 spiro atoms. The van der Waals surface area contributed by atoms with Gasteiger partial charge in [-0.3, -0.25) is 0 Å². The van der Waals surface area contributed by atoms with Crippen LogP contribution in [0.4, 0.5) is 0 Å². The topological polar surface area (TPSA) is 41.5 Å². The van der Waals surface area contributed by atoms with Crippen LogP contribution in [0.3, 0.4) is 0 Å². The average Bonchev–Trinajstić information content (AvgIpc) is 2.38. The molecule has 0 aromatic heterocycles. The van der Waals surface area contributed by atoms with E-state index in [2.05, 4.69) is 26.1 Å². The van der Waals surface area contributed by atoms with Crippen molar-refractivity contribution in [3.63, 3.8) is 0 Å². The first-order valence-electron chi connectivity index (χ1n) is 7.70. The molecule has 0 aliphatic carbocycles. The Morgan fingerprint density at radius 2 is 1.83 bits per heavy atom. The summed E-state index contributed by atoms with van der Waals surface area (Å²) >= 11 is 0. The fourth-order valence-corrected chi connectivity index (χ4v) is 1.96. The standard InChI is InChI=1S/C15H33NO2/c1-4-6-7-8-9-14(3)18-12-10-15(13-17)16-11-5-2/h14-17H,4-13H2,1-3H3. The molecule has 3 nitrogen and oxygen atoms in total. The number of hydrogen-bond donors (Lipinski definition) is 2. The van der Waals surface area contributed by atoms with Crippen LogP contribution < -0.4 is 5.32 Å². The smallest absolute Gasteiger partial charge is 0.0585 e. The number of ether oxygens (including phenoxy) is 1. The number of rotatable bonds is 13. The Morgan fingerprint density at radius 3 is 2.44 bits per heavy atom. The van der Waals surface area contributed by atoms with Gasteiger partial charge in [-0.15, -0.1) is 0 Å². The highest BCUT2D eigenvalue weighted by molar-refractivity contribution is 4.64. The first kappa shape index (κ1) is 17.9. The molecule has 2 unspecified atom stereocenters. The van der Waals surface area contributed by atoms with Crippen LogP contribution in [0.2, 0.25) is 0 Å². The molecule has 0 aromatic carbocycles. The maximum absolute atomic E-state index is 9.20. The predicted molar refractivity (Wildman–Crippen MR) is 78.0 cm³/mol. The van der Waals surface area contributed by atoms with Crippen LogP contribution in [-0.2, 0) is 4.74 Å². The molecule has 0 amide bonds. The van der Waals surface area contributed by atoms with Gasteiger partial charge in [-0.2, -0.15) is 0 Å². The number of hydrogen-bond acceptors (Lipinski definition) is 3. The molecule has 0 rings (SSSR count). The van der Waals surface area contributed by atoms with Gasteiger partial charge in [0.15, 0.2) is 0 Å². The van der Waals surface area contributed by atoms with E-state index >= 15 is 0 Å². The molecule has 110 valence electrons. The minimum Gasteiger partial charge on any atom is -0.395 e. The SMILES string of the molecule is CCCCCCC(C)OCCC(CO)NCCC. The Morgan fingerprint density at radius 1 is 1.06 bits per heavy atom. The first-order valence-corrected chi connectivity index (χ1v) is 7.70. The lowest BCUT2D eigenvalue weighted by molar-refractivity contribution is 0.0482. The summed E-state index contributed by atoms with van der Waals surface area (Å²) in [5.74, 6) is 0. The molecule has 2 N–H and O–H groups in total. The fraction of sp³-hybridized carbons (Fsp3) is 1.00. The third-order valence-electron chi connectivity index (χ3n) is 3.24. The zero-order valence-electron chi connectivity index (χ0n) is 12.6. The van der Waals surface area contributed by atoms with Gasteiger partial charge in [-0.1, -0.05) is 39.5 Å². The van der Waals surface area contributed by atoms with Crippen LogP contribution in [0.5, 0.6) is 0 Å². The van der Waals surface area contributed by atoms with E-state index < -0.39 is 0 Å². The summed E-state index contributed by atoms with van der Waals surface area (Å²) in [6.07, 6.45) is 8.73. The van der Waals surface area contributed by atoms with Crippen molar-refractivity contribution < 1.29 is 9.84 Å². The number of unbranched alkanes of at least 4 members (excludes halogenated alkanes) is 3. The Bertz CT molecular complexity index is 165. The Kier molecular flexibility index (Phi) is 13.2. The average molecular weight is 259 g/mol. The van der Waals surface area contributed by atoms with E-state index in [0.29, 0.717) is 6.10 Å². The van der Waals surface area contributed by atoms with Crippen LogP contribution in [-0.4, -0.2) is 37.0 Å². The van der Waals surface area contributed by atoms with Crippen LogP contribution in [0.25, 0.3) is 0 Å². The van der Waals surface area contributed by atoms with Crippen LogP contribution in [0, 0.1) is 0 Å². The molecule has 2 atom stereocenters. The third kappa shape index (κ3) is 11.0. The lowest BCUT2D eigenvalue weighted by atomic mass is 10.1. The highest BCUT2D eigenvalue weighted by Crippen LogP contribution is 2.08. The Balaban J connectivity index is 3.43. The summed E-state index contributed by atoms with van der Waals surface area (Å²) in [4.78, 5) is 0. The highest BCUT2D eigenvalue weighted by Gasteiger charge is 2.07. The summed E-state index contributed by atoms with van der Waals surface area (Å²) in [5.41, 5.74) is 0. The summed E-state index contributed by atoms with van der Waals surface area (Å²) < 4.78 is 5.78. The van der Waals surface area contributed by atoms with Crippen molar-refractivity contribution in [3.05, 3.63) is 0 Å². The molecule has 0 aromatic rings. The number of aliphatic hydroxyl groups excluding tert-OH is 1. The largest absolute Gasteiger partial charge is 0.395 e. The van der Waals surface area contributed by atoms with Crippen LogP contribution >= 0.6 is 0 Å². The summed E-state index contributed by atoms with van der Waals surface area (Å²) in [6, 6.07) is 0.192. The molecule has 0 saturated carbocycles. The zero-order valence-corrected chi connectivity index (χ0v) is 12.6. The van der Waals surface area contributed by atoms with Gasteiger partial charge in [0.2, 0.25) is 0 Å². The van der Waals surface area contributed by atoms with Gasteiger partial charge in [-0.25, -0.2) is 0 Å². The van der Waals surface area contributed by atoms with Gasteiger partial charge in [0.05, 0.1) is 12.7 Å². The van der Waals surface area contributed by atoms with Gasteiger partial charge in [0, 0.05) is 12.6 Å². The Labute approximate surface area is 113 Å². The van der Waals surface area contributed by atoms with Gasteiger partial charge in [-0.05, 0) is 32.7 Å². The number of nitrogens with one attached hydrogen (secondary N) is 1. The van der Waals surface area contributed by atoms with Crippen molar-refractivity contribution >= 4 is 0 Å². The molecular formula is C15H33NO2. The van der Waals surface area contributed by atoms with Crippen molar-refractivity contribution in [1.29, 1.82) is 0 Å². The Hall–Kier alpha value is -0.120. The fourth-order valence-electron chi connectivity index (χ4n) is 1.96. The van der Waals surface area contributed by atoms with Crippen molar-refractivity contribution in [3.8, 4) is 0 Å². The van der Waals surface area contributed by atoms with E-state index in [1.54, 1.807) is 0 Å². The highest BCUT2D eigenvalue weighted by atomic mass is 16.5. The van der Waals surface area contributed by atoms with Crippen molar-refractivity contribution in [2.24, 2.45) is 0 Å². The molecule has 0 aliphatic heterocycles. The van der Waals surface area contributed by atoms with E-state index in [9.17, 15) is 5.11 Å². The monoisotopic (exact) mass is 259 g/mol. The normalized spacial score (nSPS) is 14.7. The van der Waals surface area contributed by atoms with Crippen molar-refractivity contribution in [2.45, 2.75) is 77.9 Å². The second-order valence-corrected chi connectivity index (χ2v) is 5.15. The summed E-state index contributed by atoms with van der Waals surface area (Å²) in [6.45, 7) is 8.44. The van der Waals surface area contributed by atoms with Gasteiger partial charge in [0.25, 0.3) is 0 Å². The molecule has 18 heavy (non-hydrogen) atoms. The zero-order chi connectivity index (χ0) is 13.6. The second-order valence-electron chi connectivity index (χ2n) is 5.15.